The Balaban J connectivity index is 2.59. The fourth-order valence-corrected chi connectivity index (χ4v) is 4.04. The van der Waals surface area contributed by atoms with Gasteiger partial charge in [0.05, 0.1) is 13.5 Å². The summed E-state index contributed by atoms with van der Waals surface area (Å²) in [7, 11) is 1.54. The van der Waals surface area contributed by atoms with Gasteiger partial charge in [-0.3, -0.25) is 14.4 Å². The molecule has 0 spiro atoms. The minimum atomic E-state index is -1.36. The molecule has 0 bridgehead atoms. The molecule has 0 aliphatic carbocycles. The van der Waals surface area contributed by atoms with Crippen LogP contribution in [0.4, 0.5) is 10.5 Å². The van der Waals surface area contributed by atoms with Gasteiger partial charge in [-0.2, -0.15) is 0 Å². The van der Waals surface area contributed by atoms with Gasteiger partial charge in [0, 0.05) is 11.2 Å². The van der Waals surface area contributed by atoms with Crippen LogP contribution >= 0.6 is 0 Å². The summed E-state index contributed by atoms with van der Waals surface area (Å²) in [6.45, 7) is 12.2. The molecule has 212 valence electrons. The topological polar surface area (TPSA) is 140 Å². The number of nitrogens with zero attached hydrogens (tertiary/aromatic N) is 1. The van der Waals surface area contributed by atoms with E-state index >= 15 is 0 Å². The van der Waals surface area contributed by atoms with Crippen molar-refractivity contribution in [2.45, 2.75) is 78.1 Å². The number of rotatable bonds is 9. The fourth-order valence-electron chi connectivity index (χ4n) is 4.04. The lowest BCUT2D eigenvalue weighted by Crippen LogP contribution is -2.58. The summed E-state index contributed by atoms with van der Waals surface area (Å²) >= 11 is 0. The molecule has 0 aliphatic rings. The fraction of sp³-hybridized carbons (Fsp3) is 0.448. The van der Waals surface area contributed by atoms with Crippen LogP contribution in [-0.4, -0.2) is 53.0 Å². The first kappa shape index (κ1) is 31.1. The van der Waals surface area contributed by atoms with Gasteiger partial charge in [0.1, 0.15) is 23.4 Å². The molecule has 2 unspecified atom stereocenters. The van der Waals surface area contributed by atoms with E-state index in [1.807, 2.05) is 19.1 Å². The highest BCUT2D eigenvalue weighted by Crippen LogP contribution is 2.33. The molecule has 2 rings (SSSR count). The van der Waals surface area contributed by atoms with Gasteiger partial charge in [-0.1, -0.05) is 24.3 Å². The van der Waals surface area contributed by atoms with E-state index in [0.29, 0.717) is 17.0 Å². The van der Waals surface area contributed by atoms with Crippen molar-refractivity contribution in [2.24, 2.45) is 5.73 Å². The average molecular weight is 541 g/mol. The van der Waals surface area contributed by atoms with E-state index in [4.69, 9.17) is 15.2 Å². The van der Waals surface area contributed by atoms with E-state index in [9.17, 15) is 19.2 Å². The Kier molecular flexibility index (Phi) is 10.1. The molecule has 0 fully saturated rings. The van der Waals surface area contributed by atoms with E-state index in [1.165, 1.54) is 4.90 Å². The van der Waals surface area contributed by atoms with Crippen LogP contribution in [0.25, 0.3) is 0 Å². The van der Waals surface area contributed by atoms with Crippen molar-refractivity contribution < 1.29 is 28.7 Å². The zero-order valence-electron chi connectivity index (χ0n) is 24.0. The van der Waals surface area contributed by atoms with Gasteiger partial charge < -0.3 is 30.7 Å². The number of carbonyl (C=O) groups excluding carboxylic acids is 4. The van der Waals surface area contributed by atoms with Crippen molar-refractivity contribution in [3.63, 3.8) is 0 Å². The quantitative estimate of drug-likeness (QED) is 0.438. The summed E-state index contributed by atoms with van der Waals surface area (Å²) in [6, 6.07) is 11.5. The monoisotopic (exact) mass is 540 g/mol. The maximum absolute atomic E-state index is 14.1. The number of amides is 4. The molecule has 4 N–H and O–H groups in total. The van der Waals surface area contributed by atoms with E-state index in [1.54, 1.807) is 85.1 Å². The van der Waals surface area contributed by atoms with Gasteiger partial charge in [-0.05, 0) is 83.9 Å². The Bertz CT molecular complexity index is 1180. The standard InChI is InChI=1S/C29H40N4O6/c1-18-11-9-10-12-21(18)24(25(35)31-19-13-15-20(38-8)16-14-19)33(28(2,3)4)26(36)22(17-23(30)34)32-27(37)39-29(5,6)7/h9-16,22,24H,17H2,1-8H3,(H2,30,34)(H,31,35)(H,32,37). The van der Waals surface area contributed by atoms with Crippen LogP contribution in [0.1, 0.15) is 65.1 Å². The minimum absolute atomic E-state index is 0.479. The van der Waals surface area contributed by atoms with Crippen LogP contribution in [0.3, 0.4) is 0 Å². The van der Waals surface area contributed by atoms with Gasteiger partial charge in [0.2, 0.25) is 11.8 Å². The molecule has 2 aromatic carbocycles. The van der Waals surface area contributed by atoms with Crippen molar-refractivity contribution in [1.82, 2.24) is 10.2 Å². The van der Waals surface area contributed by atoms with E-state index in [0.717, 1.165) is 5.56 Å². The van der Waals surface area contributed by atoms with E-state index in [-0.39, 0.29) is 0 Å². The third-order valence-corrected chi connectivity index (χ3v) is 5.70. The number of nitrogens with two attached hydrogens (primary N) is 1. The summed E-state index contributed by atoms with van der Waals surface area (Å²) in [5.74, 6) is -1.32. The first-order valence-electron chi connectivity index (χ1n) is 12.6. The molecule has 0 aliphatic heterocycles. The number of aryl methyl sites for hydroxylation is 1. The Morgan fingerprint density at radius 2 is 1.54 bits per heavy atom. The van der Waals surface area contributed by atoms with Crippen molar-refractivity contribution >= 4 is 29.5 Å². The maximum Gasteiger partial charge on any atom is 0.408 e. The van der Waals surface area contributed by atoms with Crippen LogP contribution < -0.4 is 21.1 Å². The first-order chi connectivity index (χ1) is 18.0. The smallest absolute Gasteiger partial charge is 0.408 e. The number of alkyl carbamates (subject to hydrolysis) is 1. The number of methoxy groups -OCH3 is 1. The molecule has 39 heavy (non-hydrogen) atoms. The lowest BCUT2D eigenvalue weighted by Gasteiger charge is -2.43. The Labute approximate surface area is 230 Å². The zero-order chi connectivity index (χ0) is 29.5. The van der Waals surface area contributed by atoms with Crippen LogP contribution in [0.5, 0.6) is 5.75 Å². The van der Waals surface area contributed by atoms with Crippen LogP contribution in [0, 0.1) is 6.92 Å². The molecule has 10 heteroatoms. The van der Waals surface area contributed by atoms with Gasteiger partial charge >= 0.3 is 6.09 Å². The average Bonchev–Trinajstić information content (AvgIpc) is 2.80. The van der Waals surface area contributed by atoms with Crippen LogP contribution in [0.15, 0.2) is 48.5 Å². The maximum atomic E-state index is 14.1. The third kappa shape index (κ3) is 9.01. The van der Waals surface area contributed by atoms with Crippen molar-refractivity contribution in [1.29, 1.82) is 0 Å². The SMILES string of the molecule is COc1ccc(NC(=O)C(c2ccccc2C)N(C(=O)C(CC(N)=O)NC(=O)OC(C)(C)C)C(C)(C)C)cc1. The summed E-state index contributed by atoms with van der Waals surface area (Å²) in [5.41, 5.74) is 5.55. The second-order valence-electron chi connectivity index (χ2n) is 11.2. The number of carbonyl (C=O) groups is 4. The lowest BCUT2D eigenvalue weighted by atomic mass is 9.92. The van der Waals surface area contributed by atoms with Gasteiger partial charge in [0.25, 0.3) is 5.91 Å². The molecule has 0 radical (unpaired) electrons. The van der Waals surface area contributed by atoms with E-state index < -0.39 is 53.5 Å². The minimum Gasteiger partial charge on any atom is -0.497 e. The predicted molar refractivity (Wildman–Crippen MR) is 149 cm³/mol. The molecule has 2 atom stereocenters. The first-order valence-corrected chi connectivity index (χ1v) is 12.6. The van der Waals surface area contributed by atoms with Crippen molar-refractivity contribution in [2.75, 3.05) is 12.4 Å². The summed E-state index contributed by atoms with van der Waals surface area (Å²) in [6.07, 6.45) is -1.36. The van der Waals surface area contributed by atoms with E-state index in [2.05, 4.69) is 10.6 Å². The van der Waals surface area contributed by atoms with Gasteiger partial charge in [-0.15, -0.1) is 0 Å². The molecular formula is C29H40N4O6. The van der Waals surface area contributed by atoms with Crippen molar-refractivity contribution in [3.05, 3.63) is 59.7 Å². The summed E-state index contributed by atoms with van der Waals surface area (Å²) in [4.78, 5) is 54.0. The van der Waals surface area contributed by atoms with Crippen molar-refractivity contribution in [3.8, 4) is 5.75 Å². The number of hydrogen-bond donors (Lipinski definition) is 3. The second-order valence-corrected chi connectivity index (χ2v) is 11.2. The molecular weight excluding hydrogens is 500 g/mol. The zero-order valence-corrected chi connectivity index (χ0v) is 24.0. The third-order valence-electron chi connectivity index (χ3n) is 5.70. The number of anilines is 1. The molecule has 10 nitrogen and oxygen atoms in total. The highest BCUT2D eigenvalue weighted by molar-refractivity contribution is 6.00. The van der Waals surface area contributed by atoms with Gasteiger partial charge in [0.15, 0.2) is 0 Å². The lowest BCUT2D eigenvalue weighted by molar-refractivity contribution is -0.147. The normalized spacial score (nSPS) is 13.0. The number of nitrogens with one attached hydrogen (secondary N) is 2. The summed E-state index contributed by atoms with van der Waals surface area (Å²) < 4.78 is 10.5. The number of primary amides is 1. The second kappa shape index (κ2) is 12.6. The molecule has 2 aromatic rings. The van der Waals surface area contributed by atoms with Crippen LogP contribution in [0.2, 0.25) is 0 Å². The number of ether oxygens (including phenoxy) is 2. The number of hydrogen-bond acceptors (Lipinski definition) is 6. The molecule has 0 aromatic heterocycles. The van der Waals surface area contributed by atoms with Crippen LogP contribution in [-0.2, 0) is 19.1 Å². The highest BCUT2D eigenvalue weighted by atomic mass is 16.6. The molecule has 0 heterocycles. The largest absolute Gasteiger partial charge is 0.497 e. The summed E-state index contributed by atoms with van der Waals surface area (Å²) in [5, 5.41) is 5.37. The Morgan fingerprint density at radius 3 is 2.03 bits per heavy atom. The van der Waals surface area contributed by atoms with Gasteiger partial charge in [-0.25, -0.2) is 4.79 Å². The molecule has 0 saturated carbocycles. The Hall–Kier alpha value is -4.08. The highest BCUT2D eigenvalue weighted by Gasteiger charge is 2.42. The Morgan fingerprint density at radius 1 is 0.949 bits per heavy atom. The molecule has 4 amide bonds. The number of benzene rings is 2. The predicted octanol–water partition coefficient (Wildman–Crippen LogP) is 4.08. The molecule has 0 saturated heterocycles.